The van der Waals surface area contributed by atoms with Crippen molar-refractivity contribution in [2.75, 3.05) is 18.4 Å². The van der Waals surface area contributed by atoms with Crippen LogP contribution >= 0.6 is 0 Å². The highest BCUT2D eigenvalue weighted by molar-refractivity contribution is 5.83. The number of amides is 1. The Balaban J connectivity index is 1.49. The van der Waals surface area contributed by atoms with E-state index < -0.39 is 0 Å². The summed E-state index contributed by atoms with van der Waals surface area (Å²) in [5, 5.41) is 16.1. The van der Waals surface area contributed by atoms with E-state index in [0.717, 1.165) is 11.9 Å². The van der Waals surface area contributed by atoms with E-state index in [1.165, 1.54) is 10.9 Å². The van der Waals surface area contributed by atoms with Crippen LogP contribution in [0, 0.1) is 11.3 Å². The van der Waals surface area contributed by atoms with Crippen LogP contribution < -0.4 is 10.6 Å². The van der Waals surface area contributed by atoms with Crippen LogP contribution in [0.3, 0.4) is 0 Å². The molecule has 5 heteroatoms. The maximum atomic E-state index is 11.9. The summed E-state index contributed by atoms with van der Waals surface area (Å²) in [6.07, 6.45) is 2.75. The lowest BCUT2D eigenvalue weighted by Crippen LogP contribution is -2.31. The number of nitrogens with zero attached hydrogens (tertiary/aromatic N) is 1. The zero-order chi connectivity index (χ0) is 16.8. The number of carbonyl (C=O) groups excluding carboxylic acids is 1. The smallest absolute Gasteiger partial charge is 0.239 e. The van der Waals surface area contributed by atoms with Crippen molar-refractivity contribution in [1.29, 1.82) is 5.26 Å². The first-order valence-electron chi connectivity index (χ1n) is 7.82. The van der Waals surface area contributed by atoms with Gasteiger partial charge in [0.2, 0.25) is 5.91 Å². The molecule has 1 heterocycles. The molecule has 0 spiro atoms. The van der Waals surface area contributed by atoms with Crippen LogP contribution in [0.4, 0.5) is 5.69 Å². The Morgan fingerprint density at radius 2 is 1.92 bits per heavy atom. The van der Waals surface area contributed by atoms with Crippen molar-refractivity contribution < 1.29 is 4.79 Å². The van der Waals surface area contributed by atoms with Gasteiger partial charge in [0.05, 0.1) is 17.8 Å². The highest BCUT2D eigenvalue weighted by Crippen LogP contribution is 2.17. The number of nitrogens with one attached hydrogen (secondary N) is 3. The summed E-state index contributed by atoms with van der Waals surface area (Å²) in [5.41, 5.74) is 3.50. The predicted molar refractivity (Wildman–Crippen MR) is 94.7 cm³/mol. The van der Waals surface area contributed by atoms with Crippen LogP contribution in [0.25, 0.3) is 10.9 Å². The molecule has 120 valence electrons. The number of aromatic amines is 1. The fraction of sp³-hybridized carbons (Fsp3) is 0.158. The molecule has 5 nitrogen and oxygen atoms in total. The first kappa shape index (κ1) is 15.6. The molecule has 3 rings (SSSR count). The summed E-state index contributed by atoms with van der Waals surface area (Å²) in [6.45, 7) is 0.717. The molecule has 0 aliphatic rings. The number of nitriles is 1. The number of anilines is 1. The minimum Gasteiger partial charge on any atom is -0.375 e. The molecule has 3 N–H and O–H groups in total. The van der Waals surface area contributed by atoms with Crippen LogP contribution in [-0.4, -0.2) is 24.0 Å². The zero-order valence-electron chi connectivity index (χ0n) is 13.2. The molecule has 0 saturated carbocycles. The van der Waals surface area contributed by atoms with E-state index in [4.69, 9.17) is 5.26 Å². The Morgan fingerprint density at radius 3 is 2.79 bits per heavy atom. The Labute approximate surface area is 140 Å². The standard InChI is InChI=1S/C19H18N4O/c20-11-14-5-1-3-7-17(14)23-13-19(24)21-10-9-15-12-22-18-8-4-2-6-16(15)18/h1-8,12,22-23H,9-10,13H2,(H,21,24). The minimum absolute atomic E-state index is 0.0948. The van der Waals surface area contributed by atoms with Gasteiger partial charge in [-0.3, -0.25) is 4.79 Å². The summed E-state index contributed by atoms with van der Waals surface area (Å²) in [4.78, 5) is 15.2. The molecule has 0 aliphatic carbocycles. The van der Waals surface area contributed by atoms with Crippen LogP contribution in [0.5, 0.6) is 0 Å². The van der Waals surface area contributed by atoms with Crippen LogP contribution in [-0.2, 0) is 11.2 Å². The van der Waals surface area contributed by atoms with Crippen LogP contribution in [0.1, 0.15) is 11.1 Å². The average Bonchev–Trinajstić information content (AvgIpc) is 3.03. The Bertz CT molecular complexity index is 892. The van der Waals surface area contributed by atoms with Crippen LogP contribution in [0.15, 0.2) is 54.7 Å². The molecule has 3 aromatic rings. The number of H-pyrrole nitrogens is 1. The molecule has 1 aromatic heterocycles. The van der Waals surface area contributed by atoms with E-state index in [1.807, 2.05) is 30.5 Å². The van der Waals surface area contributed by atoms with E-state index in [1.54, 1.807) is 18.2 Å². The van der Waals surface area contributed by atoms with Crippen molar-refractivity contribution in [3.05, 3.63) is 65.9 Å². The summed E-state index contributed by atoms with van der Waals surface area (Å²) in [5.74, 6) is -0.0948. The van der Waals surface area contributed by atoms with E-state index in [9.17, 15) is 4.79 Å². The molecule has 2 aromatic carbocycles. The summed E-state index contributed by atoms with van der Waals surface area (Å²) in [7, 11) is 0. The van der Waals surface area contributed by atoms with Gasteiger partial charge in [-0.25, -0.2) is 0 Å². The fourth-order valence-electron chi connectivity index (χ4n) is 2.65. The normalized spacial score (nSPS) is 10.3. The fourth-order valence-corrected chi connectivity index (χ4v) is 2.65. The Morgan fingerprint density at radius 1 is 1.12 bits per heavy atom. The van der Waals surface area contributed by atoms with Crippen molar-refractivity contribution >= 4 is 22.5 Å². The number of hydrogen-bond donors (Lipinski definition) is 3. The number of rotatable bonds is 6. The highest BCUT2D eigenvalue weighted by atomic mass is 16.1. The molecule has 0 atom stereocenters. The third-order valence-electron chi connectivity index (χ3n) is 3.88. The Hall–Kier alpha value is -3.26. The van der Waals surface area contributed by atoms with E-state index in [-0.39, 0.29) is 12.5 Å². The molecule has 24 heavy (non-hydrogen) atoms. The molecule has 0 fully saturated rings. The van der Waals surface area contributed by atoms with Gasteiger partial charge in [0.1, 0.15) is 6.07 Å². The lowest BCUT2D eigenvalue weighted by atomic mass is 10.1. The van der Waals surface area contributed by atoms with Gasteiger partial charge in [-0.2, -0.15) is 5.26 Å². The van der Waals surface area contributed by atoms with Gasteiger partial charge in [0, 0.05) is 23.6 Å². The Kier molecular flexibility index (Phi) is 4.78. The van der Waals surface area contributed by atoms with Gasteiger partial charge < -0.3 is 15.6 Å². The second-order valence-electron chi connectivity index (χ2n) is 5.47. The van der Waals surface area contributed by atoms with E-state index in [0.29, 0.717) is 17.8 Å². The van der Waals surface area contributed by atoms with Gasteiger partial charge in [-0.15, -0.1) is 0 Å². The number of hydrogen-bond acceptors (Lipinski definition) is 3. The molecular formula is C19H18N4O. The number of aromatic nitrogens is 1. The van der Waals surface area contributed by atoms with E-state index in [2.05, 4.69) is 27.8 Å². The summed E-state index contributed by atoms with van der Waals surface area (Å²) >= 11 is 0. The van der Waals surface area contributed by atoms with Crippen molar-refractivity contribution in [3.63, 3.8) is 0 Å². The molecule has 0 saturated heterocycles. The molecular weight excluding hydrogens is 300 g/mol. The monoisotopic (exact) mass is 318 g/mol. The van der Waals surface area contributed by atoms with Gasteiger partial charge in [-0.05, 0) is 30.2 Å². The second-order valence-corrected chi connectivity index (χ2v) is 5.47. The third-order valence-corrected chi connectivity index (χ3v) is 3.88. The molecule has 0 unspecified atom stereocenters. The predicted octanol–water partition coefficient (Wildman–Crippen LogP) is 2.81. The molecule has 0 aliphatic heterocycles. The van der Waals surface area contributed by atoms with Gasteiger partial charge in [0.15, 0.2) is 0 Å². The molecule has 0 radical (unpaired) electrons. The summed E-state index contributed by atoms with van der Waals surface area (Å²) < 4.78 is 0. The minimum atomic E-state index is -0.0948. The third kappa shape index (κ3) is 3.55. The number of carbonyl (C=O) groups is 1. The van der Waals surface area contributed by atoms with Crippen molar-refractivity contribution in [2.24, 2.45) is 0 Å². The number of para-hydroxylation sites is 2. The zero-order valence-corrected chi connectivity index (χ0v) is 13.2. The maximum Gasteiger partial charge on any atom is 0.239 e. The largest absolute Gasteiger partial charge is 0.375 e. The lowest BCUT2D eigenvalue weighted by Gasteiger charge is -2.08. The lowest BCUT2D eigenvalue weighted by molar-refractivity contribution is -0.119. The second kappa shape index (κ2) is 7.34. The first-order valence-corrected chi connectivity index (χ1v) is 7.82. The van der Waals surface area contributed by atoms with Gasteiger partial charge >= 0.3 is 0 Å². The topological polar surface area (TPSA) is 80.7 Å². The number of fused-ring (bicyclic) bond motifs is 1. The average molecular weight is 318 g/mol. The van der Waals surface area contributed by atoms with Crippen molar-refractivity contribution in [3.8, 4) is 6.07 Å². The van der Waals surface area contributed by atoms with Crippen molar-refractivity contribution in [1.82, 2.24) is 10.3 Å². The van der Waals surface area contributed by atoms with Crippen LogP contribution in [0.2, 0.25) is 0 Å². The van der Waals surface area contributed by atoms with Gasteiger partial charge in [-0.1, -0.05) is 30.3 Å². The van der Waals surface area contributed by atoms with Crippen molar-refractivity contribution in [2.45, 2.75) is 6.42 Å². The highest BCUT2D eigenvalue weighted by Gasteiger charge is 2.06. The summed E-state index contributed by atoms with van der Waals surface area (Å²) in [6, 6.07) is 17.3. The van der Waals surface area contributed by atoms with E-state index >= 15 is 0 Å². The maximum absolute atomic E-state index is 11.9. The van der Waals surface area contributed by atoms with Gasteiger partial charge in [0.25, 0.3) is 0 Å². The quantitative estimate of drug-likeness (QED) is 0.654. The molecule has 0 bridgehead atoms. The first-order chi connectivity index (χ1) is 11.8. The SMILES string of the molecule is N#Cc1ccccc1NCC(=O)NCCc1c[nH]c2ccccc12. The number of benzene rings is 2. The molecule has 1 amide bonds.